The molecule has 13 heteroatoms. The lowest BCUT2D eigenvalue weighted by atomic mass is 9.67. The van der Waals surface area contributed by atoms with E-state index in [1.807, 2.05) is 6.92 Å². The molecule has 1 heterocycles. The number of hydrogen-bond acceptors (Lipinski definition) is 6. The molecule has 46 heavy (non-hydrogen) atoms. The molecule has 4 rings (SSSR count). The summed E-state index contributed by atoms with van der Waals surface area (Å²) in [6.07, 6.45) is -0.505. The predicted octanol–water partition coefficient (Wildman–Crippen LogP) is 4.56. The molecular formula is C33H39ClF2N4O6. The highest BCUT2D eigenvalue weighted by molar-refractivity contribution is 6.38. The van der Waals surface area contributed by atoms with Crippen molar-refractivity contribution in [3.63, 3.8) is 0 Å². The molecule has 2 aromatic carbocycles. The topological polar surface area (TPSA) is 143 Å². The molecule has 4 atom stereocenters. The average Bonchev–Trinajstić information content (AvgIpc) is 3.42. The molecule has 248 valence electrons. The van der Waals surface area contributed by atoms with Crippen molar-refractivity contribution in [1.29, 1.82) is 0 Å². The fourth-order valence-electron chi connectivity index (χ4n) is 5.86. The van der Waals surface area contributed by atoms with Crippen LogP contribution >= 0.6 is 11.6 Å². The second-order valence-electron chi connectivity index (χ2n) is 12.2. The van der Waals surface area contributed by atoms with Crippen LogP contribution in [0.15, 0.2) is 54.6 Å². The van der Waals surface area contributed by atoms with Gasteiger partial charge in [-0.15, -0.1) is 0 Å². The number of alkyl carbamates (subject to hydrolysis) is 1. The Morgan fingerprint density at radius 3 is 2.37 bits per heavy atom. The van der Waals surface area contributed by atoms with E-state index in [9.17, 15) is 24.0 Å². The number of halogens is 3. The lowest BCUT2D eigenvalue weighted by Gasteiger charge is -2.41. The largest absolute Gasteiger partial charge is 0.434 e. The highest BCUT2D eigenvalue weighted by Gasteiger charge is 2.46. The highest BCUT2D eigenvalue weighted by atomic mass is 35.5. The van der Waals surface area contributed by atoms with Crippen molar-refractivity contribution >= 4 is 41.2 Å². The monoisotopic (exact) mass is 660 g/mol. The highest BCUT2D eigenvalue weighted by Crippen LogP contribution is 2.45. The molecule has 2 aliphatic rings. The third kappa shape index (κ3) is 8.60. The van der Waals surface area contributed by atoms with Crippen LogP contribution in [0.5, 0.6) is 0 Å². The molecule has 2 aromatic rings. The number of ether oxygens (including phenoxy) is 1. The van der Waals surface area contributed by atoms with E-state index in [4.69, 9.17) is 16.3 Å². The standard InChI is InChI=1S/C33H39ClF2N4O6/c1-3-37-30(44)26(41)24(17-21-13-16-38-28(21)42)39-29(43)25(19-32(2)14-8-15-32)40-31(45)46-27(20-9-5-4-6-10-20)33(35,36)22-11-7-12-23(34)18-22/h4-7,9-12,18,21,24-25,27H,3,8,13-17,19H2,1-2H3,(H,37,44)(H,38,42)(H,39,43)(H,40,45)/t21-,24-,25+,27-/m0/s1. The smallest absolute Gasteiger partial charge is 0.408 e. The first kappa shape index (κ1) is 34.8. The van der Waals surface area contributed by atoms with E-state index in [0.717, 1.165) is 25.3 Å². The van der Waals surface area contributed by atoms with Gasteiger partial charge in [-0.2, -0.15) is 8.78 Å². The van der Waals surface area contributed by atoms with E-state index < -0.39 is 59.3 Å². The third-order valence-electron chi connectivity index (χ3n) is 8.61. The summed E-state index contributed by atoms with van der Waals surface area (Å²) in [5.41, 5.74) is -0.805. The van der Waals surface area contributed by atoms with Gasteiger partial charge in [0, 0.05) is 29.6 Å². The Hall–Kier alpha value is -4.06. The molecule has 4 amide bonds. The second kappa shape index (κ2) is 15.0. The summed E-state index contributed by atoms with van der Waals surface area (Å²) < 4.78 is 37.3. The van der Waals surface area contributed by atoms with Gasteiger partial charge in [0.25, 0.3) is 5.91 Å². The molecule has 1 saturated carbocycles. The number of amides is 4. The van der Waals surface area contributed by atoms with E-state index in [-0.39, 0.29) is 41.3 Å². The number of Topliss-reactive ketones (excluding diaryl/α,β-unsaturated/α-hetero) is 1. The van der Waals surface area contributed by atoms with Crippen molar-refractivity contribution in [1.82, 2.24) is 21.3 Å². The zero-order valence-corrected chi connectivity index (χ0v) is 26.5. The summed E-state index contributed by atoms with van der Waals surface area (Å²) in [6, 6.07) is 9.90. The van der Waals surface area contributed by atoms with Crippen LogP contribution in [-0.2, 0) is 29.8 Å². The normalized spacial score (nSPS) is 19.1. The lowest BCUT2D eigenvalue weighted by molar-refractivity contribution is -0.141. The van der Waals surface area contributed by atoms with Gasteiger partial charge in [0.05, 0.1) is 6.04 Å². The van der Waals surface area contributed by atoms with Crippen molar-refractivity contribution in [2.75, 3.05) is 13.1 Å². The van der Waals surface area contributed by atoms with Crippen LogP contribution in [0.4, 0.5) is 13.6 Å². The fourth-order valence-corrected chi connectivity index (χ4v) is 6.05. The first-order chi connectivity index (χ1) is 21.8. The van der Waals surface area contributed by atoms with Crippen molar-refractivity contribution in [3.8, 4) is 0 Å². The van der Waals surface area contributed by atoms with Gasteiger partial charge in [-0.25, -0.2) is 4.79 Å². The number of hydrogen-bond donors (Lipinski definition) is 4. The van der Waals surface area contributed by atoms with E-state index in [2.05, 4.69) is 21.3 Å². The number of benzene rings is 2. The Bertz CT molecular complexity index is 1440. The minimum absolute atomic E-state index is 0.0111. The quantitative estimate of drug-likeness (QED) is 0.219. The molecule has 0 unspecified atom stereocenters. The molecule has 1 aliphatic heterocycles. The van der Waals surface area contributed by atoms with Crippen molar-refractivity contribution in [2.45, 2.75) is 76.5 Å². The minimum atomic E-state index is -3.71. The summed E-state index contributed by atoms with van der Waals surface area (Å²) in [5.74, 6) is -7.27. The van der Waals surface area contributed by atoms with E-state index in [1.165, 1.54) is 42.5 Å². The van der Waals surface area contributed by atoms with Crippen LogP contribution in [-0.4, -0.2) is 54.8 Å². The SMILES string of the molecule is CCNC(=O)C(=O)[C@H](C[C@@H]1CCNC1=O)NC(=O)[C@@H](CC1(C)CCC1)NC(=O)O[C@@H](c1ccccc1)C(F)(F)c1cccc(Cl)c1. The van der Waals surface area contributed by atoms with Crippen LogP contribution < -0.4 is 21.3 Å². The number of nitrogens with one attached hydrogen (secondary N) is 4. The van der Waals surface area contributed by atoms with Crippen LogP contribution in [0.1, 0.15) is 69.6 Å². The van der Waals surface area contributed by atoms with Crippen molar-refractivity contribution < 1.29 is 37.5 Å². The van der Waals surface area contributed by atoms with Gasteiger partial charge in [0.2, 0.25) is 17.6 Å². The maximum absolute atomic E-state index is 16.0. The Kier molecular flexibility index (Phi) is 11.4. The Morgan fingerprint density at radius 1 is 1.07 bits per heavy atom. The van der Waals surface area contributed by atoms with Crippen molar-refractivity contribution in [2.24, 2.45) is 11.3 Å². The molecule has 1 aliphatic carbocycles. The average molecular weight is 661 g/mol. The van der Waals surface area contributed by atoms with Crippen LogP contribution in [0, 0.1) is 11.3 Å². The van der Waals surface area contributed by atoms with Gasteiger partial charge in [0.1, 0.15) is 6.04 Å². The number of carbonyl (C=O) groups is 5. The second-order valence-corrected chi connectivity index (χ2v) is 12.6. The van der Waals surface area contributed by atoms with E-state index in [0.29, 0.717) is 13.0 Å². The maximum atomic E-state index is 16.0. The third-order valence-corrected chi connectivity index (χ3v) is 8.84. The van der Waals surface area contributed by atoms with E-state index in [1.54, 1.807) is 13.0 Å². The molecule has 4 N–H and O–H groups in total. The molecule has 0 radical (unpaired) electrons. The zero-order chi connectivity index (χ0) is 33.5. The Labute approximate surface area is 271 Å². The fraction of sp³-hybridized carbons (Fsp3) is 0.485. The van der Waals surface area contributed by atoms with Crippen molar-refractivity contribution in [3.05, 3.63) is 70.7 Å². The number of alkyl halides is 2. The van der Waals surface area contributed by atoms with Crippen LogP contribution in [0.25, 0.3) is 0 Å². The number of ketones is 1. The Morgan fingerprint density at radius 2 is 1.78 bits per heavy atom. The molecule has 10 nitrogen and oxygen atoms in total. The summed E-state index contributed by atoms with van der Waals surface area (Å²) in [4.78, 5) is 64.9. The van der Waals surface area contributed by atoms with Crippen LogP contribution in [0.2, 0.25) is 5.02 Å². The molecule has 1 saturated heterocycles. The van der Waals surface area contributed by atoms with E-state index >= 15 is 8.78 Å². The summed E-state index contributed by atoms with van der Waals surface area (Å²) in [6.45, 7) is 4.14. The minimum Gasteiger partial charge on any atom is -0.434 e. The molecule has 0 aromatic heterocycles. The first-order valence-corrected chi connectivity index (χ1v) is 15.8. The summed E-state index contributed by atoms with van der Waals surface area (Å²) >= 11 is 5.98. The van der Waals surface area contributed by atoms with Crippen LogP contribution in [0.3, 0.4) is 0 Å². The maximum Gasteiger partial charge on any atom is 0.408 e. The predicted molar refractivity (Wildman–Crippen MR) is 166 cm³/mol. The lowest BCUT2D eigenvalue weighted by Crippen LogP contribution is -2.56. The van der Waals surface area contributed by atoms with Gasteiger partial charge < -0.3 is 26.0 Å². The van der Waals surface area contributed by atoms with Gasteiger partial charge in [-0.1, -0.05) is 67.4 Å². The summed E-state index contributed by atoms with van der Waals surface area (Å²) in [7, 11) is 0. The Balaban J connectivity index is 1.58. The zero-order valence-electron chi connectivity index (χ0n) is 25.7. The summed E-state index contributed by atoms with van der Waals surface area (Å²) in [5, 5.41) is 10.2. The molecule has 2 fully saturated rings. The van der Waals surface area contributed by atoms with Gasteiger partial charge in [0.15, 0.2) is 6.10 Å². The van der Waals surface area contributed by atoms with Gasteiger partial charge in [-0.05, 0) is 62.1 Å². The number of likely N-dealkylation sites (N-methyl/N-ethyl adjacent to an activating group) is 1. The molecular weight excluding hydrogens is 622 g/mol. The molecule has 0 bridgehead atoms. The number of rotatable bonds is 14. The van der Waals surface area contributed by atoms with Gasteiger partial charge >= 0.3 is 12.0 Å². The first-order valence-electron chi connectivity index (χ1n) is 15.4. The van der Waals surface area contributed by atoms with Gasteiger partial charge in [-0.3, -0.25) is 19.2 Å². The number of carbonyl (C=O) groups excluding carboxylic acids is 5. The molecule has 0 spiro atoms.